The van der Waals surface area contributed by atoms with Crippen LogP contribution in [0.4, 0.5) is 25.4 Å². The van der Waals surface area contributed by atoms with Crippen molar-refractivity contribution < 1.29 is 23.5 Å². The maximum absolute atomic E-state index is 14.8. The van der Waals surface area contributed by atoms with Crippen molar-refractivity contribution in [2.45, 2.75) is 38.5 Å². The Hall–Kier alpha value is -2.55. The number of halogens is 1. The molecule has 29 heavy (non-hydrogen) atoms. The largest absolute Gasteiger partial charge is 0.447 e. The third kappa shape index (κ3) is 3.83. The van der Waals surface area contributed by atoms with Gasteiger partial charge in [0.15, 0.2) is 0 Å². The molecule has 3 fully saturated rings. The van der Waals surface area contributed by atoms with Gasteiger partial charge in [0.2, 0.25) is 0 Å². The lowest BCUT2D eigenvalue weighted by atomic mass is 10.2. The first-order valence-corrected chi connectivity index (χ1v) is 9.88. The molecular weight excluding hydrogens is 379 g/mol. The standard InChI is InChI=1S/C20H27FN4O4/c1-20(2,3)29-18(26)23-17-13-8-24(9-14(13)17)16-5-4-11(6-15(16)21)25-12(7-22)10-28-19(25)27/h4-6,12-14,17H,7-10,22H2,1-3H3,(H,23,26)/t12-,13-,14+,17?/m0/s1. The Balaban J connectivity index is 1.37. The van der Waals surface area contributed by atoms with E-state index < -0.39 is 23.6 Å². The molecule has 1 aromatic carbocycles. The second-order valence-electron chi connectivity index (χ2n) is 8.88. The Morgan fingerprint density at radius 3 is 2.62 bits per heavy atom. The topological polar surface area (TPSA) is 97.1 Å². The number of ether oxygens (including phenoxy) is 2. The van der Waals surface area contributed by atoms with Gasteiger partial charge >= 0.3 is 12.2 Å². The lowest BCUT2D eigenvalue weighted by molar-refractivity contribution is 0.0518. The quantitative estimate of drug-likeness (QED) is 0.795. The van der Waals surface area contributed by atoms with E-state index in [0.717, 1.165) is 0 Å². The van der Waals surface area contributed by atoms with Crippen molar-refractivity contribution in [2.75, 3.05) is 36.0 Å². The molecule has 0 spiro atoms. The number of nitrogens with two attached hydrogens (primary N) is 1. The maximum Gasteiger partial charge on any atom is 0.414 e. The maximum atomic E-state index is 14.8. The van der Waals surface area contributed by atoms with Crippen LogP contribution in [-0.2, 0) is 9.47 Å². The van der Waals surface area contributed by atoms with Gasteiger partial charge in [0.25, 0.3) is 0 Å². The van der Waals surface area contributed by atoms with Gasteiger partial charge < -0.3 is 25.4 Å². The molecule has 1 saturated carbocycles. The van der Waals surface area contributed by atoms with Crippen LogP contribution in [0.3, 0.4) is 0 Å². The number of benzene rings is 1. The zero-order valence-electron chi connectivity index (χ0n) is 16.9. The minimum absolute atomic E-state index is 0.0770. The van der Waals surface area contributed by atoms with Crippen molar-refractivity contribution in [2.24, 2.45) is 17.6 Å². The first kappa shape index (κ1) is 19.8. The minimum atomic E-state index is -0.532. The van der Waals surface area contributed by atoms with Gasteiger partial charge in [0.1, 0.15) is 18.0 Å². The van der Waals surface area contributed by atoms with Gasteiger partial charge in [-0.15, -0.1) is 0 Å². The molecule has 158 valence electrons. The van der Waals surface area contributed by atoms with E-state index in [1.54, 1.807) is 12.1 Å². The summed E-state index contributed by atoms with van der Waals surface area (Å²) in [7, 11) is 0. The van der Waals surface area contributed by atoms with Gasteiger partial charge in [-0.05, 0) is 39.0 Å². The zero-order chi connectivity index (χ0) is 20.9. The number of nitrogens with zero attached hydrogens (tertiary/aromatic N) is 2. The second kappa shape index (κ2) is 7.05. The van der Waals surface area contributed by atoms with E-state index in [1.807, 2.05) is 25.7 Å². The molecule has 1 aromatic rings. The molecule has 1 aliphatic carbocycles. The number of piperidine rings is 1. The van der Waals surface area contributed by atoms with Gasteiger partial charge in [-0.3, -0.25) is 4.90 Å². The van der Waals surface area contributed by atoms with E-state index in [9.17, 15) is 14.0 Å². The predicted molar refractivity (Wildman–Crippen MR) is 105 cm³/mol. The van der Waals surface area contributed by atoms with Crippen molar-refractivity contribution in [3.63, 3.8) is 0 Å². The fraction of sp³-hybridized carbons (Fsp3) is 0.600. The predicted octanol–water partition coefficient (Wildman–Crippen LogP) is 2.07. The van der Waals surface area contributed by atoms with Crippen LogP contribution in [0.15, 0.2) is 18.2 Å². The van der Waals surface area contributed by atoms with E-state index in [2.05, 4.69) is 5.32 Å². The Bertz CT molecular complexity index is 815. The molecule has 0 bridgehead atoms. The first-order valence-electron chi connectivity index (χ1n) is 9.88. The van der Waals surface area contributed by atoms with Crippen molar-refractivity contribution in [1.29, 1.82) is 0 Å². The number of hydrogen-bond acceptors (Lipinski definition) is 6. The van der Waals surface area contributed by atoms with Crippen LogP contribution < -0.4 is 20.9 Å². The summed E-state index contributed by atoms with van der Waals surface area (Å²) in [5.41, 5.74) is 6.08. The van der Waals surface area contributed by atoms with Crippen LogP contribution in [0.1, 0.15) is 20.8 Å². The van der Waals surface area contributed by atoms with E-state index in [1.165, 1.54) is 11.0 Å². The fourth-order valence-electron chi connectivity index (χ4n) is 4.23. The van der Waals surface area contributed by atoms with Crippen LogP contribution in [0.2, 0.25) is 0 Å². The van der Waals surface area contributed by atoms with E-state index in [0.29, 0.717) is 24.5 Å². The summed E-state index contributed by atoms with van der Waals surface area (Å²) in [5.74, 6) is 0.185. The number of hydrogen-bond donors (Lipinski definition) is 2. The molecule has 2 amide bonds. The average molecular weight is 406 g/mol. The van der Waals surface area contributed by atoms with Crippen molar-refractivity contribution in [1.82, 2.24) is 5.32 Å². The van der Waals surface area contributed by atoms with Crippen molar-refractivity contribution >= 4 is 23.6 Å². The number of carbonyl (C=O) groups excluding carboxylic acids is 2. The number of rotatable bonds is 4. The van der Waals surface area contributed by atoms with Crippen LogP contribution >= 0.6 is 0 Å². The summed E-state index contributed by atoms with van der Waals surface area (Å²) in [6.07, 6.45) is -0.919. The highest BCUT2D eigenvalue weighted by atomic mass is 19.1. The molecule has 8 nitrogen and oxygen atoms in total. The van der Waals surface area contributed by atoms with Gasteiger partial charge in [0.05, 0.1) is 17.4 Å². The molecule has 2 aliphatic heterocycles. The third-order valence-corrected chi connectivity index (χ3v) is 5.66. The number of amides is 2. The van der Waals surface area contributed by atoms with Gasteiger partial charge in [0, 0.05) is 37.5 Å². The average Bonchev–Trinajstić information content (AvgIpc) is 2.98. The zero-order valence-corrected chi connectivity index (χ0v) is 16.9. The van der Waals surface area contributed by atoms with Crippen molar-refractivity contribution in [3.05, 3.63) is 24.0 Å². The molecule has 9 heteroatoms. The Labute approximate surface area is 169 Å². The van der Waals surface area contributed by atoms with Gasteiger partial charge in [-0.1, -0.05) is 0 Å². The second-order valence-corrected chi connectivity index (χ2v) is 8.88. The van der Waals surface area contributed by atoms with E-state index in [-0.39, 0.29) is 37.1 Å². The number of alkyl carbamates (subject to hydrolysis) is 1. The van der Waals surface area contributed by atoms with Crippen molar-refractivity contribution in [3.8, 4) is 0 Å². The molecular formula is C20H27FN4O4. The molecule has 1 unspecified atom stereocenters. The minimum Gasteiger partial charge on any atom is -0.447 e. The van der Waals surface area contributed by atoms with Crippen LogP contribution in [0.25, 0.3) is 0 Å². The summed E-state index contributed by atoms with van der Waals surface area (Å²) in [4.78, 5) is 27.2. The Kier molecular flexibility index (Phi) is 4.80. The Morgan fingerprint density at radius 2 is 2.03 bits per heavy atom. The molecule has 2 saturated heterocycles. The first-order chi connectivity index (χ1) is 13.7. The lowest BCUT2D eigenvalue weighted by Gasteiger charge is -2.25. The van der Waals surface area contributed by atoms with Crippen LogP contribution in [0, 0.1) is 17.7 Å². The highest BCUT2D eigenvalue weighted by Crippen LogP contribution is 2.47. The lowest BCUT2D eigenvalue weighted by Crippen LogP contribution is -2.39. The summed E-state index contributed by atoms with van der Waals surface area (Å²) in [6, 6.07) is 4.55. The molecule has 0 aromatic heterocycles. The monoisotopic (exact) mass is 406 g/mol. The van der Waals surface area contributed by atoms with Gasteiger partial charge in [-0.2, -0.15) is 0 Å². The molecule has 4 rings (SSSR count). The molecule has 0 radical (unpaired) electrons. The van der Waals surface area contributed by atoms with Crippen LogP contribution in [-0.4, -0.2) is 56.1 Å². The Morgan fingerprint density at radius 1 is 1.34 bits per heavy atom. The summed E-state index contributed by atoms with van der Waals surface area (Å²) in [6.45, 7) is 7.26. The van der Waals surface area contributed by atoms with Crippen LogP contribution in [0.5, 0.6) is 0 Å². The van der Waals surface area contributed by atoms with Gasteiger partial charge in [-0.25, -0.2) is 14.0 Å². The molecule has 3 aliphatic rings. The molecule has 3 N–H and O–H groups in total. The SMILES string of the molecule is CC(C)(C)OC(=O)NC1[C@H]2CN(c3ccc(N4C(=O)OC[C@@H]4CN)cc3F)C[C@@H]12. The normalized spacial score (nSPS) is 28.2. The highest BCUT2D eigenvalue weighted by molar-refractivity contribution is 5.90. The molecule has 4 atom stereocenters. The summed E-state index contributed by atoms with van der Waals surface area (Å²) >= 11 is 0. The number of cyclic esters (lactones) is 1. The third-order valence-electron chi connectivity index (χ3n) is 5.66. The summed E-state index contributed by atoms with van der Waals surface area (Å²) in [5, 5.41) is 2.91. The highest BCUT2D eigenvalue weighted by Gasteiger charge is 2.57. The number of carbonyl (C=O) groups is 2. The van der Waals surface area contributed by atoms with E-state index in [4.69, 9.17) is 15.2 Å². The fourth-order valence-corrected chi connectivity index (χ4v) is 4.23. The van der Waals surface area contributed by atoms with E-state index >= 15 is 0 Å². The molecule has 2 heterocycles. The summed E-state index contributed by atoms with van der Waals surface area (Å²) < 4.78 is 25.1. The number of anilines is 2. The number of fused-ring (bicyclic) bond motifs is 1. The number of nitrogens with one attached hydrogen (secondary N) is 1. The smallest absolute Gasteiger partial charge is 0.414 e.